The normalized spacial score (nSPS) is 10.1. The third kappa shape index (κ3) is 5.94. The number of ether oxygens (including phenoxy) is 2. The van der Waals surface area contributed by atoms with Gasteiger partial charge in [-0.3, -0.25) is 9.59 Å². The fourth-order valence-electron chi connectivity index (χ4n) is 1.29. The summed E-state index contributed by atoms with van der Waals surface area (Å²) in [6.45, 7) is 1.87. The monoisotopic (exact) mass is 304 g/mol. The molecule has 0 aliphatic rings. The fourth-order valence-corrected chi connectivity index (χ4v) is 1.63. The number of carbonyl (C=O) groups excluding carboxylic acids is 2. The summed E-state index contributed by atoms with van der Waals surface area (Å²) in [5, 5.41) is 0.848. The quantitative estimate of drug-likeness (QED) is 0.725. The first-order chi connectivity index (χ1) is 9.02. The molecular weight excluding hydrogens is 291 g/mol. The molecule has 1 aromatic carbocycles. The lowest BCUT2D eigenvalue weighted by atomic mass is 10.2. The van der Waals surface area contributed by atoms with Gasteiger partial charge in [0.2, 0.25) is 0 Å². The molecule has 1 aromatic rings. The molecule has 0 aliphatic heterocycles. The van der Waals surface area contributed by atoms with Crippen molar-refractivity contribution in [3.8, 4) is 5.75 Å². The highest BCUT2D eigenvalue weighted by Gasteiger charge is 2.10. The summed E-state index contributed by atoms with van der Waals surface area (Å²) in [5.41, 5.74) is 0. The van der Waals surface area contributed by atoms with Gasteiger partial charge in [0, 0.05) is 17.5 Å². The third-order valence-electron chi connectivity index (χ3n) is 2.20. The largest absolute Gasteiger partial charge is 0.484 e. The second kappa shape index (κ2) is 8.02. The maximum atomic E-state index is 11.5. The zero-order chi connectivity index (χ0) is 14.3. The van der Waals surface area contributed by atoms with Crippen molar-refractivity contribution in [1.82, 2.24) is 0 Å². The highest BCUT2D eigenvalue weighted by atomic mass is 35.5. The Morgan fingerprint density at radius 1 is 1.21 bits per heavy atom. The van der Waals surface area contributed by atoms with Gasteiger partial charge in [0.25, 0.3) is 0 Å². The van der Waals surface area contributed by atoms with Crippen LogP contribution in [0.3, 0.4) is 0 Å². The van der Waals surface area contributed by atoms with Crippen LogP contribution < -0.4 is 4.74 Å². The van der Waals surface area contributed by atoms with Crippen LogP contribution in [0.1, 0.15) is 19.8 Å². The average molecular weight is 305 g/mol. The van der Waals surface area contributed by atoms with Crippen molar-refractivity contribution >= 4 is 35.0 Å². The van der Waals surface area contributed by atoms with Crippen molar-refractivity contribution in [1.29, 1.82) is 0 Å². The first-order valence-corrected chi connectivity index (χ1v) is 6.53. The fraction of sp³-hybridized carbons (Fsp3) is 0.385. The van der Waals surface area contributed by atoms with Gasteiger partial charge in [-0.2, -0.15) is 0 Å². The number of ketones is 1. The van der Waals surface area contributed by atoms with Crippen molar-refractivity contribution < 1.29 is 19.1 Å². The van der Waals surface area contributed by atoms with Gasteiger partial charge in [-0.15, -0.1) is 0 Å². The Kier molecular flexibility index (Phi) is 6.67. The van der Waals surface area contributed by atoms with Crippen molar-refractivity contribution in [3.05, 3.63) is 28.2 Å². The lowest BCUT2D eigenvalue weighted by molar-refractivity contribution is -0.144. The molecule has 0 fully saturated rings. The zero-order valence-electron chi connectivity index (χ0n) is 10.4. The lowest BCUT2D eigenvalue weighted by Crippen LogP contribution is -2.14. The number of hydrogen-bond acceptors (Lipinski definition) is 4. The van der Waals surface area contributed by atoms with Gasteiger partial charge in [-0.05, 0) is 19.1 Å². The number of rotatable bonds is 7. The maximum absolute atomic E-state index is 11.5. The molecule has 0 saturated heterocycles. The van der Waals surface area contributed by atoms with Gasteiger partial charge < -0.3 is 9.47 Å². The molecule has 6 heteroatoms. The minimum atomic E-state index is -0.392. The molecule has 0 radical (unpaired) electrons. The molecule has 19 heavy (non-hydrogen) atoms. The molecule has 0 N–H and O–H groups in total. The number of esters is 1. The summed E-state index contributed by atoms with van der Waals surface area (Å²) < 4.78 is 9.97. The molecule has 1 rings (SSSR count). The molecule has 104 valence electrons. The SMILES string of the molecule is CCOC(=O)CCC(=O)COc1cc(Cl)ccc1Cl. The summed E-state index contributed by atoms with van der Waals surface area (Å²) >= 11 is 11.7. The summed E-state index contributed by atoms with van der Waals surface area (Å²) in [5.74, 6) is -0.251. The molecule has 0 aromatic heterocycles. The smallest absolute Gasteiger partial charge is 0.306 e. The van der Waals surface area contributed by atoms with E-state index >= 15 is 0 Å². The number of Topliss-reactive ketones (excluding diaryl/α,β-unsaturated/α-hetero) is 1. The first kappa shape index (κ1) is 15.8. The molecule has 0 bridgehead atoms. The summed E-state index contributed by atoms with van der Waals surface area (Å²) in [6, 6.07) is 4.74. The van der Waals surface area contributed by atoms with Crippen LogP contribution in [0.2, 0.25) is 10.0 Å². The van der Waals surface area contributed by atoms with Gasteiger partial charge in [-0.25, -0.2) is 0 Å². The van der Waals surface area contributed by atoms with Crippen LogP contribution in [0.15, 0.2) is 18.2 Å². The number of carbonyl (C=O) groups is 2. The van der Waals surface area contributed by atoms with Gasteiger partial charge in [0.05, 0.1) is 18.1 Å². The van der Waals surface area contributed by atoms with E-state index < -0.39 is 5.97 Å². The van der Waals surface area contributed by atoms with Crippen LogP contribution in [0.4, 0.5) is 0 Å². The Morgan fingerprint density at radius 3 is 2.63 bits per heavy atom. The van der Waals surface area contributed by atoms with E-state index in [-0.39, 0.29) is 25.2 Å². The van der Waals surface area contributed by atoms with Crippen molar-refractivity contribution in [2.24, 2.45) is 0 Å². The van der Waals surface area contributed by atoms with E-state index in [0.717, 1.165) is 0 Å². The summed E-state index contributed by atoms with van der Waals surface area (Å²) in [6.07, 6.45) is 0.135. The molecule has 0 aliphatic carbocycles. The second-order valence-corrected chi connectivity index (χ2v) is 4.55. The lowest BCUT2D eigenvalue weighted by Gasteiger charge is -2.07. The van der Waals surface area contributed by atoms with Crippen LogP contribution in [-0.2, 0) is 14.3 Å². The van der Waals surface area contributed by atoms with Crippen LogP contribution in [0.5, 0.6) is 5.75 Å². The molecule has 0 spiro atoms. The van der Waals surface area contributed by atoms with Gasteiger partial charge in [0.1, 0.15) is 12.4 Å². The molecule has 0 amide bonds. The van der Waals surface area contributed by atoms with Crippen molar-refractivity contribution in [3.63, 3.8) is 0 Å². The predicted molar refractivity (Wildman–Crippen MR) is 72.8 cm³/mol. The topological polar surface area (TPSA) is 52.6 Å². The van der Waals surface area contributed by atoms with Gasteiger partial charge in [0.15, 0.2) is 5.78 Å². The molecule has 0 atom stereocenters. The van der Waals surface area contributed by atoms with Gasteiger partial charge >= 0.3 is 5.97 Å². The zero-order valence-corrected chi connectivity index (χ0v) is 12.0. The Balaban J connectivity index is 2.38. The van der Waals surface area contributed by atoms with Crippen LogP contribution in [0, 0.1) is 0 Å². The average Bonchev–Trinajstić information content (AvgIpc) is 2.38. The maximum Gasteiger partial charge on any atom is 0.306 e. The Hall–Kier alpha value is -1.26. The highest BCUT2D eigenvalue weighted by Crippen LogP contribution is 2.27. The van der Waals surface area contributed by atoms with Crippen LogP contribution >= 0.6 is 23.2 Å². The standard InChI is InChI=1S/C13H14Cl2O4/c1-2-18-13(17)6-4-10(16)8-19-12-7-9(14)3-5-11(12)15/h3,5,7H,2,4,6,8H2,1H3. The second-order valence-electron chi connectivity index (χ2n) is 3.71. The number of benzene rings is 1. The third-order valence-corrected chi connectivity index (χ3v) is 2.74. The van der Waals surface area contributed by atoms with E-state index in [4.69, 9.17) is 32.7 Å². The van der Waals surface area contributed by atoms with E-state index in [1.807, 2.05) is 0 Å². The molecule has 0 saturated carbocycles. The van der Waals surface area contributed by atoms with E-state index in [9.17, 15) is 9.59 Å². The van der Waals surface area contributed by atoms with Crippen molar-refractivity contribution in [2.75, 3.05) is 13.2 Å². The molecule has 4 nitrogen and oxygen atoms in total. The van der Waals surface area contributed by atoms with Crippen molar-refractivity contribution in [2.45, 2.75) is 19.8 Å². The minimum absolute atomic E-state index is 0.0549. The Bertz CT molecular complexity index is 460. The molecular formula is C13H14Cl2O4. The van der Waals surface area contributed by atoms with E-state index in [0.29, 0.717) is 22.4 Å². The molecule has 0 unspecified atom stereocenters. The highest BCUT2D eigenvalue weighted by molar-refractivity contribution is 6.34. The number of halogens is 2. The van der Waals surface area contributed by atoms with E-state index in [2.05, 4.69) is 0 Å². The van der Waals surface area contributed by atoms with Crippen LogP contribution in [0.25, 0.3) is 0 Å². The number of hydrogen-bond donors (Lipinski definition) is 0. The van der Waals surface area contributed by atoms with E-state index in [1.54, 1.807) is 19.1 Å². The minimum Gasteiger partial charge on any atom is -0.484 e. The summed E-state index contributed by atoms with van der Waals surface area (Å²) in [4.78, 5) is 22.6. The van der Waals surface area contributed by atoms with Gasteiger partial charge in [-0.1, -0.05) is 23.2 Å². The Morgan fingerprint density at radius 2 is 1.95 bits per heavy atom. The molecule has 0 heterocycles. The predicted octanol–water partition coefficient (Wildman–Crippen LogP) is 3.28. The first-order valence-electron chi connectivity index (χ1n) is 5.78. The van der Waals surface area contributed by atoms with Crippen LogP contribution in [-0.4, -0.2) is 25.0 Å². The Labute approximate surface area is 121 Å². The summed E-state index contributed by atoms with van der Waals surface area (Å²) in [7, 11) is 0. The van der Waals surface area contributed by atoms with E-state index in [1.165, 1.54) is 6.07 Å².